The standard InChI is InChI=1S/C51H59N5O4/c1-2-49-54-50(59-37-17-13-9-5-3-7-11-15-35-57-47-31-27-45(28-32-47)43-23-19-41(39-52)20-24-43)56-51(55-49)60-38-18-14-10-6-4-8-12-16-36-58-48-33-29-46(30-34-48)44-25-21-42(40-53)22-26-44/h2,19-34H,1,3-18,35-38H2. The van der Waals surface area contributed by atoms with E-state index in [1.54, 1.807) is 6.08 Å². The highest BCUT2D eigenvalue weighted by atomic mass is 16.5. The fraction of sp³-hybridized carbons (Fsp3) is 0.392. The molecule has 0 aliphatic carbocycles. The molecule has 0 radical (unpaired) electrons. The first-order valence-corrected chi connectivity index (χ1v) is 21.7. The first-order chi connectivity index (χ1) is 29.6. The Kier molecular flexibility index (Phi) is 20.0. The fourth-order valence-electron chi connectivity index (χ4n) is 6.77. The van der Waals surface area contributed by atoms with Gasteiger partial charge in [-0.3, -0.25) is 0 Å². The number of hydrogen-bond acceptors (Lipinski definition) is 9. The molecule has 0 aliphatic heterocycles. The Morgan fingerprint density at radius 3 is 0.967 bits per heavy atom. The van der Waals surface area contributed by atoms with Gasteiger partial charge in [0.15, 0.2) is 5.82 Å². The van der Waals surface area contributed by atoms with Crippen LogP contribution in [0.15, 0.2) is 104 Å². The Morgan fingerprint density at radius 1 is 0.383 bits per heavy atom. The van der Waals surface area contributed by atoms with Crippen LogP contribution < -0.4 is 18.9 Å². The Balaban J connectivity index is 0.808. The van der Waals surface area contributed by atoms with Gasteiger partial charge in [0.2, 0.25) is 0 Å². The van der Waals surface area contributed by atoms with Gasteiger partial charge in [0.1, 0.15) is 11.5 Å². The van der Waals surface area contributed by atoms with Crippen molar-refractivity contribution in [3.63, 3.8) is 0 Å². The third kappa shape index (κ3) is 16.6. The van der Waals surface area contributed by atoms with Gasteiger partial charge in [-0.15, -0.1) is 4.98 Å². The molecule has 0 bridgehead atoms. The zero-order valence-electron chi connectivity index (χ0n) is 35.0. The smallest absolute Gasteiger partial charge is 0.323 e. The number of aromatic nitrogens is 3. The van der Waals surface area contributed by atoms with Gasteiger partial charge in [-0.05, 0) is 103 Å². The van der Waals surface area contributed by atoms with Crippen LogP contribution in [0, 0.1) is 22.7 Å². The highest BCUT2D eigenvalue weighted by molar-refractivity contribution is 5.66. The zero-order valence-corrected chi connectivity index (χ0v) is 35.0. The van der Waals surface area contributed by atoms with Gasteiger partial charge >= 0.3 is 12.0 Å². The summed E-state index contributed by atoms with van der Waals surface area (Å²) >= 11 is 0. The van der Waals surface area contributed by atoms with Crippen molar-refractivity contribution >= 4 is 6.08 Å². The SMILES string of the molecule is C=Cc1nc(OCCCCCCCCCCOc2ccc(-c3ccc(C#N)cc3)cc2)nc(OCCCCCCCCCCOc2ccc(-c3ccc(C#N)cc3)cc2)n1. The summed E-state index contributed by atoms with van der Waals surface area (Å²) < 4.78 is 23.6. The molecule has 5 aromatic rings. The average Bonchev–Trinajstić information content (AvgIpc) is 3.30. The number of rotatable bonds is 29. The van der Waals surface area contributed by atoms with E-state index < -0.39 is 0 Å². The largest absolute Gasteiger partial charge is 0.494 e. The Morgan fingerprint density at radius 2 is 0.667 bits per heavy atom. The first-order valence-electron chi connectivity index (χ1n) is 21.7. The van der Waals surface area contributed by atoms with Gasteiger partial charge in [-0.1, -0.05) is 132 Å². The van der Waals surface area contributed by atoms with E-state index in [9.17, 15) is 0 Å². The minimum atomic E-state index is 0.294. The van der Waals surface area contributed by atoms with Crippen molar-refractivity contribution in [1.29, 1.82) is 10.5 Å². The van der Waals surface area contributed by atoms with Crippen LogP contribution in [-0.2, 0) is 0 Å². The first kappa shape index (κ1) is 44.9. The minimum Gasteiger partial charge on any atom is -0.494 e. The molecule has 0 spiro atoms. The molecule has 0 fully saturated rings. The molecule has 0 N–H and O–H groups in total. The van der Waals surface area contributed by atoms with Crippen LogP contribution in [-0.4, -0.2) is 41.4 Å². The van der Waals surface area contributed by atoms with Gasteiger partial charge in [-0.2, -0.15) is 20.5 Å². The summed E-state index contributed by atoms with van der Waals surface area (Å²) in [4.78, 5) is 13.0. The molecule has 9 nitrogen and oxygen atoms in total. The molecule has 1 heterocycles. The highest BCUT2D eigenvalue weighted by Crippen LogP contribution is 2.25. The normalized spacial score (nSPS) is 10.7. The van der Waals surface area contributed by atoms with Crippen LogP contribution in [0.5, 0.6) is 23.5 Å². The molecule has 0 atom stereocenters. The van der Waals surface area contributed by atoms with E-state index in [0.29, 0.717) is 42.2 Å². The lowest BCUT2D eigenvalue weighted by Gasteiger charge is -2.09. The van der Waals surface area contributed by atoms with E-state index in [-0.39, 0.29) is 0 Å². The number of ether oxygens (including phenoxy) is 4. The third-order valence-electron chi connectivity index (χ3n) is 10.3. The number of benzene rings is 4. The monoisotopic (exact) mass is 805 g/mol. The Bertz CT molecular complexity index is 1910. The summed E-state index contributed by atoms with van der Waals surface area (Å²) in [5.41, 5.74) is 5.75. The summed E-state index contributed by atoms with van der Waals surface area (Å²) in [7, 11) is 0. The maximum absolute atomic E-state index is 8.99. The highest BCUT2D eigenvalue weighted by Gasteiger charge is 2.08. The van der Waals surface area contributed by atoms with Crippen molar-refractivity contribution in [2.75, 3.05) is 26.4 Å². The van der Waals surface area contributed by atoms with E-state index in [4.69, 9.17) is 29.5 Å². The maximum atomic E-state index is 8.99. The van der Waals surface area contributed by atoms with Gasteiger partial charge in [0, 0.05) is 0 Å². The average molecular weight is 806 g/mol. The Hall–Kier alpha value is -6.19. The molecule has 0 aliphatic rings. The molecule has 0 saturated carbocycles. The van der Waals surface area contributed by atoms with Gasteiger partial charge in [-0.25, -0.2) is 0 Å². The van der Waals surface area contributed by atoms with Crippen molar-refractivity contribution < 1.29 is 18.9 Å². The topological polar surface area (TPSA) is 123 Å². The summed E-state index contributed by atoms with van der Waals surface area (Å²) in [5.74, 6) is 2.24. The van der Waals surface area contributed by atoms with Crippen LogP contribution >= 0.6 is 0 Å². The van der Waals surface area contributed by atoms with Crippen molar-refractivity contribution in [1.82, 2.24) is 15.0 Å². The second-order valence-corrected chi connectivity index (χ2v) is 14.9. The molecule has 5 rings (SSSR count). The van der Waals surface area contributed by atoms with Crippen molar-refractivity contribution in [3.8, 4) is 57.9 Å². The lowest BCUT2D eigenvalue weighted by Crippen LogP contribution is -2.07. The maximum Gasteiger partial charge on any atom is 0.323 e. The number of nitriles is 2. The number of unbranched alkanes of at least 4 members (excludes halogenated alkanes) is 14. The quantitative estimate of drug-likeness (QED) is 0.0434. The molecule has 4 aromatic carbocycles. The van der Waals surface area contributed by atoms with Crippen LogP contribution in [0.1, 0.15) is 120 Å². The van der Waals surface area contributed by atoms with E-state index in [1.165, 1.54) is 64.2 Å². The second-order valence-electron chi connectivity index (χ2n) is 14.9. The molecule has 0 saturated heterocycles. The van der Waals surface area contributed by atoms with Crippen LogP contribution in [0.4, 0.5) is 0 Å². The third-order valence-corrected chi connectivity index (χ3v) is 10.3. The minimum absolute atomic E-state index is 0.294. The van der Waals surface area contributed by atoms with Crippen molar-refractivity contribution in [3.05, 3.63) is 121 Å². The lowest BCUT2D eigenvalue weighted by atomic mass is 10.0. The summed E-state index contributed by atoms with van der Waals surface area (Å²) in [6, 6.07) is 36.5. The van der Waals surface area contributed by atoms with E-state index >= 15 is 0 Å². The number of hydrogen-bond donors (Lipinski definition) is 0. The molecular weight excluding hydrogens is 747 g/mol. The van der Waals surface area contributed by atoms with E-state index in [2.05, 4.69) is 57.9 Å². The molecular formula is C51H59N5O4. The zero-order chi connectivity index (χ0) is 41.9. The van der Waals surface area contributed by atoms with E-state index in [0.717, 1.165) is 85.5 Å². The predicted octanol–water partition coefficient (Wildman–Crippen LogP) is 12.7. The second kappa shape index (κ2) is 26.7. The fourth-order valence-corrected chi connectivity index (χ4v) is 6.77. The summed E-state index contributed by atoms with van der Waals surface area (Å²) in [6.07, 6.45) is 19.9. The molecule has 0 unspecified atom stereocenters. The molecule has 60 heavy (non-hydrogen) atoms. The summed E-state index contributed by atoms with van der Waals surface area (Å²) in [5, 5.41) is 18.0. The molecule has 9 heteroatoms. The van der Waals surface area contributed by atoms with Gasteiger partial charge < -0.3 is 18.9 Å². The van der Waals surface area contributed by atoms with Gasteiger partial charge in [0.05, 0.1) is 49.7 Å². The van der Waals surface area contributed by atoms with Crippen molar-refractivity contribution in [2.24, 2.45) is 0 Å². The van der Waals surface area contributed by atoms with Crippen LogP contribution in [0.2, 0.25) is 0 Å². The van der Waals surface area contributed by atoms with Crippen LogP contribution in [0.25, 0.3) is 28.3 Å². The van der Waals surface area contributed by atoms with Crippen LogP contribution in [0.3, 0.4) is 0 Å². The van der Waals surface area contributed by atoms with Gasteiger partial charge in [0.25, 0.3) is 0 Å². The molecule has 312 valence electrons. The molecule has 0 amide bonds. The molecule has 1 aromatic heterocycles. The predicted molar refractivity (Wildman–Crippen MR) is 239 cm³/mol. The Labute approximate surface area is 357 Å². The van der Waals surface area contributed by atoms with E-state index in [1.807, 2.05) is 72.8 Å². The summed E-state index contributed by atoms with van der Waals surface area (Å²) in [6.45, 7) is 6.39. The lowest BCUT2D eigenvalue weighted by molar-refractivity contribution is 0.251. The van der Waals surface area contributed by atoms with Crippen molar-refractivity contribution in [2.45, 2.75) is 103 Å². The number of nitrogens with zero attached hydrogens (tertiary/aromatic N) is 5.